The molecule has 0 amide bonds. The molecule has 188 valence electrons. The summed E-state index contributed by atoms with van der Waals surface area (Å²) in [6.07, 6.45) is 4.82. The van der Waals surface area contributed by atoms with Gasteiger partial charge in [0.05, 0.1) is 24.4 Å². The number of hydroxylamine groups is 2. The first-order valence-electron chi connectivity index (χ1n) is 10.5. The van der Waals surface area contributed by atoms with E-state index in [2.05, 4.69) is 9.82 Å². The van der Waals surface area contributed by atoms with E-state index in [1.807, 2.05) is 14.1 Å². The van der Waals surface area contributed by atoms with Crippen LogP contribution >= 0.6 is 11.6 Å². The average molecular weight is 517 g/mol. The highest BCUT2D eigenvalue weighted by Gasteiger charge is 2.30. The Balaban J connectivity index is 0.000000830. The molecule has 4 radical (unpaired) electrons. The molecule has 2 aromatic heterocycles. The van der Waals surface area contributed by atoms with E-state index < -0.39 is 34.3 Å². The molecule has 36 heavy (non-hydrogen) atoms. The lowest BCUT2D eigenvalue weighted by Crippen LogP contribution is -2.37. The molecule has 0 saturated carbocycles. The number of carbonyl (C=O) groups excluding carboxylic acids is 1. The smallest absolute Gasteiger partial charge is 0.277 e. The number of aryl methyl sites for hydroxylation is 1. The van der Waals surface area contributed by atoms with Gasteiger partial charge in [-0.25, -0.2) is 8.78 Å². The van der Waals surface area contributed by atoms with Crippen LogP contribution in [0.1, 0.15) is 18.3 Å². The Bertz CT molecular complexity index is 1250. The van der Waals surface area contributed by atoms with Crippen molar-refractivity contribution in [3.63, 3.8) is 0 Å². The molecule has 0 N–H and O–H groups in total. The van der Waals surface area contributed by atoms with Gasteiger partial charge in [0, 0.05) is 45.2 Å². The number of allylic oxidation sites excluding steroid dienone is 2. The third-order valence-corrected chi connectivity index (χ3v) is 5.45. The molecule has 0 aliphatic carbocycles. The van der Waals surface area contributed by atoms with Gasteiger partial charge < -0.3 is 19.3 Å². The van der Waals surface area contributed by atoms with Crippen molar-refractivity contribution < 1.29 is 23.1 Å². The minimum atomic E-state index is -2.34. The Hall–Kier alpha value is -2.95. The highest BCUT2D eigenvalue weighted by molar-refractivity contribution is 6.39. The molecule has 0 bridgehead atoms. The van der Waals surface area contributed by atoms with Gasteiger partial charge in [-0.1, -0.05) is 11.6 Å². The molecule has 1 aliphatic rings. The Morgan fingerprint density at radius 2 is 1.86 bits per heavy atom. The summed E-state index contributed by atoms with van der Waals surface area (Å²) in [5.41, 5.74) is 0.357. The minimum absolute atomic E-state index is 0.210. The molecule has 3 heterocycles. The molecule has 0 aromatic carbocycles. The molecule has 1 atom stereocenters. The van der Waals surface area contributed by atoms with Crippen molar-refractivity contribution in [3.8, 4) is 5.75 Å². The van der Waals surface area contributed by atoms with Crippen LogP contribution in [0.2, 0.25) is 5.02 Å². The Kier molecular flexibility index (Phi) is 9.64. The summed E-state index contributed by atoms with van der Waals surface area (Å²) < 4.78 is 33.9. The van der Waals surface area contributed by atoms with E-state index in [-0.39, 0.29) is 10.8 Å². The number of aromatic nitrogens is 2. The maximum atomic E-state index is 14.1. The highest BCUT2D eigenvalue weighted by atomic mass is 35.5. The molecule has 13 heteroatoms. The summed E-state index contributed by atoms with van der Waals surface area (Å²) in [5, 5.41) is -1.08. The highest BCUT2D eigenvalue weighted by Crippen LogP contribution is 2.31. The van der Waals surface area contributed by atoms with Crippen LogP contribution in [0.3, 0.4) is 0 Å². The van der Waals surface area contributed by atoms with Crippen LogP contribution in [0.25, 0.3) is 5.70 Å². The Morgan fingerprint density at radius 3 is 2.39 bits per heavy atom. The molecule has 0 spiro atoms. The molecule has 0 fully saturated rings. The van der Waals surface area contributed by atoms with Crippen molar-refractivity contribution in [2.75, 3.05) is 28.3 Å². The first-order chi connectivity index (χ1) is 16.7. The lowest BCUT2D eigenvalue weighted by molar-refractivity contribution is -0.110. The Morgan fingerprint density at radius 1 is 1.25 bits per heavy atom. The Labute approximate surface area is 215 Å². The molecule has 8 nitrogen and oxygen atoms in total. The summed E-state index contributed by atoms with van der Waals surface area (Å²) in [5.74, 6) is -2.25. The van der Waals surface area contributed by atoms with Gasteiger partial charge in [-0.15, -0.1) is 0 Å². The first-order valence-corrected chi connectivity index (χ1v) is 10.9. The van der Waals surface area contributed by atoms with Crippen LogP contribution in [0.5, 0.6) is 5.75 Å². The maximum Gasteiger partial charge on any atom is 0.277 e. The minimum Gasteiger partial charge on any atom is -0.499 e. The van der Waals surface area contributed by atoms with Gasteiger partial charge in [0.1, 0.15) is 56.1 Å². The number of likely N-dealkylation sites (N-methyl/N-ethyl adjacent to an activating group) is 1. The monoisotopic (exact) mass is 516 g/mol. The predicted molar refractivity (Wildman–Crippen MR) is 135 cm³/mol. The molecule has 0 unspecified atom stereocenters. The van der Waals surface area contributed by atoms with Crippen molar-refractivity contribution in [3.05, 3.63) is 74.6 Å². The molecular formula is C23H25B2ClF2N4O4. The van der Waals surface area contributed by atoms with E-state index >= 15 is 0 Å². The zero-order valence-electron chi connectivity index (χ0n) is 20.8. The van der Waals surface area contributed by atoms with Crippen LogP contribution in [-0.4, -0.2) is 75.8 Å². The number of pyridine rings is 2. The van der Waals surface area contributed by atoms with Gasteiger partial charge in [-0.2, -0.15) is 5.06 Å². The summed E-state index contributed by atoms with van der Waals surface area (Å²) in [6.45, 7) is 3.39. The third-order valence-electron chi connectivity index (χ3n) is 5.10. The summed E-state index contributed by atoms with van der Waals surface area (Å²) in [4.78, 5) is 34.2. The zero-order chi connectivity index (χ0) is 27.4. The first kappa shape index (κ1) is 29.3. The quantitative estimate of drug-likeness (QED) is 0.332. The van der Waals surface area contributed by atoms with Gasteiger partial charge in [0.25, 0.3) is 5.56 Å². The SMILES string of the molecule is CON(C)C.[B]C([B])(Oc1cc(C)n(C2=C[C@H](C=O)N(C)C=C2C)c(=O)c1Cl)c1ncc(F)cc1F. The van der Waals surface area contributed by atoms with Crippen LogP contribution in [0.15, 0.2) is 41.0 Å². The van der Waals surface area contributed by atoms with Crippen LogP contribution in [-0.2, 0) is 15.0 Å². The molecular weight excluding hydrogens is 491 g/mol. The van der Waals surface area contributed by atoms with E-state index in [1.165, 1.54) is 10.6 Å². The third kappa shape index (κ3) is 6.63. The van der Waals surface area contributed by atoms with Gasteiger partial charge >= 0.3 is 0 Å². The topological polar surface area (TPSA) is 76.9 Å². The predicted octanol–water partition coefficient (Wildman–Crippen LogP) is 2.38. The lowest BCUT2D eigenvalue weighted by atomic mass is 9.62. The van der Waals surface area contributed by atoms with E-state index in [0.717, 1.165) is 18.1 Å². The van der Waals surface area contributed by atoms with E-state index in [4.69, 9.17) is 32.0 Å². The second kappa shape index (κ2) is 11.9. The average Bonchev–Trinajstić information content (AvgIpc) is 2.78. The number of rotatable bonds is 6. The van der Waals surface area contributed by atoms with Crippen LogP contribution in [0.4, 0.5) is 8.78 Å². The summed E-state index contributed by atoms with van der Waals surface area (Å²) in [7, 11) is 18.7. The lowest BCUT2D eigenvalue weighted by Gasteiger charge is -2.30. The van der Waals surface area contributed by atoms with Crippen LogP contribution in [0, 0.1) is 18.6 Å². The molecule has 3 rings (SSSR count). The number of ether oxygens (including phenoxy) is 1. The van der Waals surface area contributed by atoms with Gasteiger partial charge in [-0.05, 0) is 25.5 Å². The number of halogens is 3. The van der Waals surface area contributed by atoms with E-state index in [0.29, 0.717) is 17.5 Å². The zero-order valence-corrected chi connectivity index (χ0v) is 21.5. The van der Waals surface area contributed by atoms with Crippen molar-refractivity contribution in [2.45, 2.75) is 25.3 Å². The van der Waals surface area contributed by atoms with Crippen molar-refractivity contribution >= 4 is 39.3 Å². The van der Waals surface area contributed by atoms with Crippen molar-refractivity contribution in [1.29, 1.82) is 0 Å². The fourth-order valence-electron chi connectivity index (χ4n) is 3.24. The fourth-order valence-corrected chi connectivity index (χ4v) is 3.42. The summed E-state index contributed by atoms with van der Waals surface area (Å²) in [6, 6.07) is 1.38. The van der Waals surface area contributed by atoms with Gasteiger partial charge in [-0.3, -0.25) is 14.3 Å². The number of hydrogen-bond acceptors (Lipinski definition) is 7. The van der Waals surface area contributed by atoms with Gasteiger partial charge in [0.2, 0.25) is 0 Å². The van der Waals surface area contributed by atoms with E-state index in [9.17, 15) is 18.4 Å². The van der Waals surface area contributed by atoms with Crippen molar-refractivity contribution in [1.82, 2.24) is 19.5 Å². The van der Waals surface area contributed by atoms with E-state index in [1.54, 1.807) is 50.2 Å². The number of hydrogen-bond donors (Lipinski definition) is 0. The number of carbonyl (C=O) groups is 1. The van der Waals surface area contributed by atoms with Crippen LogP contribution < -0.4 is 10.3 Å². The van der Waals surface area contributed by atoms with Crippen molar-refractivity contribution in [2.24, 2.45) is 0 Å². The second-order valence-corrected chi connectivity index (χ2v) is 8.51. The normalized spacial score (nSPS) is 15.6. The number of aldehydes is 1. The maximum absolute atomic E-state index is 14.1. The summed E-state index contributed by atoms with van der Waals surface area (Å²) >= 11 is 6.22. The standard InChI is InChI=1S/C20H16B2ClF2N3O3.C3H9NO/c1-10-8-27(3)13(9-29)6-15(10)28-11(2)4-16(17(23)19(28)30)31-20(21,22)18-14(25)5-12(24)7-26-18;1-4(2)5-3/h4-9,13H,1-3H3;1-3H3/t13-;/m1./s1. The van der Waals surface area contributed by atoms with Gasteiger partial charge in [0.15, 0.2) is 0 Å². The largest absolute Gasteiger partial charge is 0.499 e. The molecule has 1 aliphatic heterocycles. The molecule has 0 saturated heterocycles. The second-order valence-electron chi connectivity index (χ2n) is 8.13. The fraction of sp³-hybridized carbons (Fsp3) is 0.348. The number of nitrogens with zero attached hydrogens (tertiary/aromatic N) is 4. The molecule has 2 aromatic rings.